The number of nitrogens with one attached hydrogen (secondary N) is 1. The van der Waals surface area contributed by atoms with Crippen LogP contribution in [0.15, 0.2) is 0 Å². The maximum atomic E-state index is 11.3. The zero-order valence-electron chi connectivity index (χ0n) is 7.49. The molecule has 2 heterocycles. The smallest absolute Gasteiger partial charge is 0.224 e. The van der Waals surface area contributed by atoms with Crippen LogP contribution < -0.4 is 5.32 Å². The first-order valence-corrected chi connectivity index (χ1v) is 4.71. The number of likely N-dealkylation sites (tertiary alicyclic amines) is 1. The van der Waals surface area contributed by atoms with Gasteiger partial charge in [0.05, 0.1) is 18.5 Å². The standard InChI is InChI=1S/C9H13N3O/c10-3-5-12-4-1-2-7-8(12)6-11-9(7)13/h7-8H,1-2,4-6H2,(H,11,13). The van der Waals surface area contributed by atoms with Crippen molar-refractivity contribution in [2.24, 2.45) is 5.92 Å². The van der Waals surface area contributed by atoms with E-state index < -0.39 is 0 Å². The first-order chi connectivity index (χ1) is 6.33. The number of piperidine rings is 1. The summed E-state index contributed by atoms with van der Waals surface area (Å²) in [5.74, 6) is 0.315. The summed E-state index contributed by atoms with van der Waals surface area (Å²) in [4.78, 5) is 13.5. The number of rotatable bonds is 1. The summed E-state index contributed by atoms with van der Waals surface area (Å²) < 4.78 is 0. The molecule has 0 aliphatic carbocycles. The highest BCUT2D eigenvalue weighted by Crippen LogP contribution is 2.26. The third-order valence-corrected chi connectivity index (χ3v) is 2.99. The zero-order chi connectivity index (χ0) is 9.26. The van der Waals surface area contributed by atoms with Gasteiger partial charge in [0.1, 0.15) is 0 Å². The third kappa shape index (κ3) is 1.40. The van der Waals surface area contributed by atoms with Crippen molar-refractivity contribution in [1.82, 2.24) is 10.2 Å². The molecule has 0 spiro atoms. The maximum Gasteiger partial charge on any atom is 0.224 e. The molecule has 13 heavy (non-hydrogen) atoms. The van der Waals surface area contributed by atoms with Crippen molar-refractivity contribution in [2.75, 3.05) is 19.6 Å². The molecule has 70 valence electrons. The highest BCUT2D eigenvalue weighted by molar-refractivity contribution is 5.82. The minimum Gasteiger partial charge on any atom is -0.354 e. The average molecular weight is 179 g/mol. The van der Waals surface area contributed by atoms with E-state index in [1.807, 2.05) is 0 Å². The summed E-state index contributed by atoms with van der Waals surface area (Å²) in [6, 6.07) is 2.43. The summed E-state index contributed by atoms with van der Waals surface area (Å²) in [5.41, 5.74) is 0. The summed E-state index contributed by atoms with van der Waals surface area (Å²) in [5, 5.41) is 11.5. The Kier molecular flexibility index (Phi) is 2.19. The van der Waals surface area contributed by atoms with Crippen LogP contribution in [0.25, 0.3) is 0 Å². The quantitative estimate of drug-likeness (QED) is 0.563. The Morgan fingerprint density at radius 3 is 3.31 bits per heavy atom. The Morgan fingerprint density at radius 1 is 1.69 bits per heavy atom. The lowest BCUT2D eigenvalue weighted by atomic mass is 9.91. The van der Waals surface area contributed by atoms with E-state index in [1.165, 1.54) is 0 Å². The van der Waals surface area contributed by atoms with Crippen LogP contribution in [0.4, 0.5) is 0 Å². The molecule has 2 saturated heterocycles. The summed E-state index contributed by atoms with van der Waals surface area (Å²) in [6.07, 6.45) is 2.02. The van der Waals surface area contributed by atoms with E-state index in [2.05, 4.69) is 16.3 Å². The largest absolute Gasteiger partial charge is 0.354 e. The molecule has 0 aromatic carbocycles. The lowest BCUT2D eigenvalue weighted by Crippen LogP contribution is -2.45. The Labute approximate surface area is 77.5 Å². The molecule has 0 saturated carbocycles. The molecule has 1 N–H and O–H groups in total. The van der Waals surface area contributed by atoms with E-state index in [0.29, 0.717) is 6.54 Å². The van der Waals surface area contributed by atoms with E-state index >= 15 is 0 Å². The van der Waals surface area contributed by atoms with Crippen molar-refractivity contribution >= 4 is 5.91 Å². The number of carbonyl (C=O) groups excluding carboxylic acids is 1. The van der Waals surface area contributed by atoms with Crippen LogP contribution in [0.3, 0.4) is 0 Å². The fourth-order valence-electron chi connectivity index (χ4n) is 2.33. The van der Waals surface area contributed by atoms with Gasteiger partial charge in [-0.25, -0.2) is 0 Å². The van der Waals surface area contributed by atoms with Gasteiger partial charge in [-0.2, -0.15) is 5.26 Å². The predicted molar refractivity (Wildman–Crippen MR) is 46.7 cm³/mol. The lowest BCUT2D eigenvalue weighted by Gasteiger charge is -2.33. The number of carbonyl (C=O) groups is 1. The minimum absolute atomic E-state index is 0.141. The van der Waals surface area contributed by atoms with E-state index in [4.69, 9.17) is 5.26 Å². The van der Waals surface area contributed by atoms with Gasteiger partial charge in [-0.15, -0.1) is 0 Å². The molecule has 2 aliphatic rings. The SMILES string of the molecule is N#CCN1CCCC2C(=O)NCC21. The second-order valence-corrected chi connectivity index (χ2v) is 3.69. The van der Waals surface area contributed by atoms with E-state index in [0.717, 1.165) is 25.9 Å². The number of fused-ring (bicyclic) bond motifs is 1. The van der Waals surface area contributed by atoms with Crippen LogP contribution in [0, 0.1) is 17.2 Å². The monoisotopic (exact) mass is 179 g/mol. The second kappa shape index (κ2) is 3.35. The van der Waals surface area contributed by atoms with Gasteiger partial charge in [0.2, 0.25) is 5.91 Å². The summed E-state index contributed by atoms with van der Waals surface area (Å²) in [6.45, 7) is 2.14. The zero-order valence-corrected chi connectivity index (χ0v) is 7.49. The molecule has 2 fully saturated rings. The summed E-state index contributed by atoms with van der Waals surface area (Å²) >= 11 is 0. The predicted octanol–water partition coefficient (Wildman–Crippen LogP) is -0.280. The van der Waals surface area contributed by atoms with Crippen molar-refractivity contribution in [3.63, 3.8) is 0 Å². The fourth-order valence-corrected chi connectivity index (χ4v) is 2.33. The molecule has 0 aromatic heterocycles. The van der Waals surface area contributed by atoms with Gasteiger partial charge in [-0.05, 0) is 19.4 Å². The lowest BCUT2D eigenvalue weighted by molar-refractivity contribution is -0.124. The molecule has 4 nitrogen and oxygen atoms in total. The minimum atomic E-state index is 0.141. The molecular formula is C9H13N3O. The maximum absolute atomic E-state index is 11.3. The van der Waals surface area contributed by atoms with Crippen molar-refractivity contribution in [3.05, 3.63) is 0 Å². The number of nitriles is 1. The first-order valence-electron chi connectivity index (χ1n) is 4.71. The topological polar surface area (TPSA) is 56.1 Å². The van der Waals surface area contributed by atoms with Crippen LogP contribution in [-0.2, 0) is 4.79 Å². The summed E-state index contributed by atoms with van der Waals surface area (Å²) in [7, 11) is 0. The number of nitrogens with zero attached hydrogens (tertiary/aromatic N) is 2. The van der Waals surface area contributed by atoms with Gasteiger partial charge in [0.15, 0.2) is 0 Å². The molecule has 4 heteroatoms. The molecule has 2 unspecified atom stereocenters. The Bertz CT molecular complexity index is 258. The number of amides is 1. The Morgan fingerprint density at radius 2 is 2.54 bits per heavy atom. The molecule has 2 atom stereocenters. The van der Waals surface area contributed by atoms with Gasteiger partial charge in [0, 0.05) is 12.6 Å². The number of hydrogen-bond acceptors (Lipinski definition) is 3. The normalized spacial score (nSPS) is 33.6. The molecule has 0 aromatic rings. The third-order valence-electron chi connectivity index (χ3n) is 2.99. The van der Waals surface area contributed by atoms with E-state index in [-0.39, 0.29) is 17.9 Å². The molecule has 0 bridgehead atoms. The van der Waals surface area contributed by atoms with Gasteiger partial charge >= 0.3 is 0 Å². The van der Waals surface area contributed by atoms with Gasteiger partial charge in [0.25, 0.3) is 0 Å². The Balaban J connectivity index is 2.08. The number of hydrogen-bond donors (Lipinski definition) is 1. The van der Waals surface area contributed by atoms with Crippen molar-refractivity contribution in [2.45, 2.75) is 18.9 Å². The van der Waals surface area contributed by atoms with E-state index in [1.54, 1.807) is 0 Å². The van der Waals surface area contributed by atoms with Gasteiger partial charge in [-0.1, -0.05) is 0 Å². The Hall–Kier alpha value is -1.08. The molecule has 1 amide bonds. The van der Waals surface area contributed by atoms with Crippen molar-refractivity contribution in [3.8, 4) is 6.07 Å². The van der Waals surface area contributed by atoms with Gasteiger partial charge in [-0.3, -0.25) is 9.69 Å². The van der Waals surface area contributed by atoms with Crippen LogP contribution in [0.1, 0.15) is 12.8 Å². The van der Waals surface area contributed by atoms with Crippen LogP contribution in [0.5, 0.6) is 0 Å². The fraction of sp³-hybridized carbons (Fsp3) is 0.778. The van der Waals surface area contributed by atoms with Crippen LogP contribution in [-0.4, -0.2) is 36.5 Å². The molecule has 0 radical (unpaired) electrons. The highest BCUT2D eigenvalue weighted by Gasteiger charge is 2.40. The molecule has 2 rings (SSSR count). The van der Waals surface area contributed by atoms with Crippen LogP contribution in [0.2, 0.25) is 0 Å². The van der Waals surface area contributed by atoms with Crippen LogP contribution >= 0.6 is 0 Å². The van der Waals surface area contributed by atoms with E-state index in [9.17, 15) is 4.79 Å². The van der Waals surface area contributed by atoms with Crippen molar-refractivity contribution < 1.29 is 4.79 Å². The average Bonchev–Trinajstić information content (AvgIpc) is 2.50. The second-order valence-electron chi connectivity index (χ2n) is 3.69. The highest BCUT2D eigenvalue weighted by atomic mass is 16.2. The van der Waals surface area contributed by atoms with Crippen molar-refractivity contribution in [1.29, 1.82) is 5.26 Å². The molecular weight excluding hydrogens is 166 g/mol. The first kappa shape index (κ1) is 8.52. The van der Waals surface area contributed by atoms with Gasteiger partial charge < -0.3 is 5.32 Å². The molecule has 2 aliphatic heterocycles.